The average Bonchev–Trinajstić information content (AvgIpc) is 3.50. The number of aromatic nitrogens is 2. The summed E-state index contributed by atoms with van der Waals surface area (Å²) in [7, 11) is 2.87. The van der Waals surface area contributed by atoms with Crippen LogP contribution in [0.5, 0.6) is 5.75 Å². The third-order valence-electron chi connectivity index (χ3n) is 8.36. The van der Waals surface area contributed by atoms with Gasteiger partial charge in [0.05, 0.1) is 34.5 Å². The van der Waals surface area contributed by atoms with Gasteiger partial charge < -0.3 is 23.6 Å². The number of piperidine rings is 1. The molecule has 2 aromatic heterocycles. The molecule has 2 bridgehead atoms. The Morgan fingerprint density at radius 1 is 1.02 bits per heavy atom. The van der Waals surface area contributed by atoms with Crippen LogP contribution in [0.1, 0.15) is 70.9 Å². The fraction of sp³-hybridized carbons (Fsp3) is 0.400. The lowest BCUT2D eigenvalue weighted by atomic mass is 9.99. The highest BCUT2D eigenvalue weighted by atomic mass is 35.5. The van der Waals surface area contributed by atoms with Crippen LogP contribution in [0.2, 0.25) is 10.0 Å². The van der Waals surface area contributed by atoms with Crippen molar-refractivity contribution in [3.8, 4) is 17.0 Å². The van der Waals surface area contributed by atoms with Crippen LogP contribution in [0, 0.1) is 0 Å². The highest BCUT2D eigenvalue weighted by Gasteiger charge is 2.45. The second kappa shape index (κ2) is 10.7. The van der Waals surface area contributed by atoms with Gasteiger partial charge in [-0.25, -0.2) is 14.6 Å². The summed E-state index contributed by atoms with van der Waals surface area (Å²) in [6.45, 7) is 0. The van der Waals surface area contributed by atoms with E-state index < -0.39 is 11.9 Å². The van der Waals surface area contributed by atoms with E-state index in [-0.39, 0.29) is 24.1 Å². The van der Waals surface area contributed by atoms with Gasteiger partial charge in [0.1, 0.15) is 28.7 Å². The Labute approximate surface area is 255 Å². The van der Waals surface area contributed by atoms with Crippen LogP contribution < -0.4 is 9.64 Å². The molecule has 1 aliphatic carbocycles. The van der Waals surface area contributed by atoms with E-state index in [2.05, 4.69) is 10.1 Å². The van der Waals surface area contributed by atoms with Crippen molar-refractivity contribution in [2.75, 3.05) is 19.1 Å². The van der Waals surface area contributed by atoms with Gasteiger partial charge in [0.15, 0.2) is 10.9 Å². The van der Waals surface area contributed by atoms with Crippen molar-refractivity contribution in [1.29, 1.82) is 0 Å². The quantitative estimate of drug-likeness (QED) is 0.195. The number of halogens is 2. The molecule has 2 saturated heterocycles. The van der Waals surface area contributed by atoms with Gasteiger partial charge in [0, 0.05) is 42.5 Å². The van der Waals surface area contributed by atoms with Crippen LogP contribution in [-0.4, -0.2) is 54.5 Å². The molecule has 0 N–H and O–H groups in total. The Balaban J connectivity index is 1.13. The van der Waals surface area contributed by atoms with Crippen LogP contribution in [0.25, 0.3) is 21.5 Å². The molecule has 12 heteroatoms. The summed E-state index contributed by atoms with van der Waals surface area (Å²) < 4.78 is 23.1. The van der Waals surface area contributed by atoms with Crippen molar-refractivity contribution in [2.24, 2.45) is 0 Å². The lowest BCUT2D eigenvalue weighted by Crippen LogP contribution is -2.46. The van der Waals surface area contributed by atoms with Crippen molar-refractivity contribution in [3.05, 3.63) is 57.3 Å². The molecule has 3 fully saturated rings. The third kappa shape index (κ3) is 4.69. The first-order valence-corrected chi connectivity index (χ1v) is 15.4. The Hall–Kier alpha value is -3.34. The van der Waals surface area contributed by atoms with Gasteiger partial charge in [-0.1, -0.05) is 45.8 Å². The second-order valence-corrected chi connectivity index (χ2v) is 12.8. The maximum atomic E-state index is 13.7. The fourth-order valence-corrected chi connectivity index (χ4v) is 7.96. The molecule has 0 radical (unpaired) electrons. The number of thiazole rings is 1. The zero-order chi connectivity index (χ0) is 29.1. The lowest BCUT2D eigenvalue weighted by Gasteiger charge is -2.38. The number of rotatable bonds is 7. The first-order valence-electron chi connectivity index (χ1n) is 13.9. The highest BCUT2D eigenvalue weighted by molar-refractivity contribution is 7.22. The van der Waals surface area contributed by atoms with Gasteiger partial charge in [-0.2, -0.15) is 0 Å². The third-order valence-corrected chi connectivity index (χ3v) is 10.0. The molecule has 7 rings (SSSR count). The van der Waals surface area contributed by atoms with Crippen LogP contribution in [-0.2, 0) is 9.47 Å². The van der Waals surface area contributed by atoms with Crippen molar-refractivity contribution in [1.82, 2.24) is 10.1 Å². The molecule has 4 heterocycles. The van der Waals surface area contributed by atoms with E-state index in [4.69, 9.17) is 46.9 Å². The number of anilines is 1. The van der Waals surface area contributed by atoms with Crippen molar-refractivity contribution in [3.63, 3.8) is 0 Å². The van der Waals surface area contributed by atoms with Gasteiger partial charge in [-0.05, 0) is 43.9 Å². The molecular formula is C30H27Cl2N3O6S. The van der Waals surface area contributed by atoms with E-state index in [1.807, 2.05) is 0 Å². The minimum atomic E-state index is -0.455. The van der Waals surface area contributed by atoms with Gasteiger partial charge in [-0.3, -0.25) is 0 Å². The Kier molecular flexibility index (Phi) is 7.03. The topological polar surface area (TPSA) is 104 Å². The number of carbonyl (C=O) groups excluding carboxylic acids is 2. The summed E-state index contributed by atoms with van der Waals surface area (Å²) in [5.41, 5.74) is 2.26. The standard InChI is InChI=1S/C30H27Cl2N3O6S/c1-38-22-13-21-23(12-18(22)28(36)39-2)42-30(33-21)35-15-8-9-16(35)11-17(10-15)40-29(37)25-26(34-41-27(25)14-6-7-14)24-19(31)4-3-5-20(24)32/h3-5,12-17H,6-11H2,1-2H3/t15-,16+,17+. The number of hydrogen-bond donors (Lipinski definition) is 0. The molecule has 0 spiro atoms. The molecule has 4 aromatic rings. The molecule has 218 valence electrons. The van der Waals surface area contributed by atoms with Crippen LogP contribution >= 0.6 is 34.5 Å². The zero-order valence-corrected chi connectivity index (χ0v) is 25.2. The van der Waals surface area contributed by atoms with Crippen molar-refractivity contribution < 1.29 is 28.3 Å². The first kappa shape index (κ1) is 27.5. The van der Waals surface area contributed by atoms with E-state index in [1.165, 1.54) is 25.6 Å². The summed E-state index contributed by atoms with van der Waals surface area (Å²) >= 11 is 14.5. The van der Waals surface area contributed by atoms with Gasteiger partial charge >= 0.3 is 11.9 Å². The molecule has 42 heavy (non-hydrogen) atoms. The van der Waals surface area contributed by atoms with E-state index >= 15 is 0 Å². The maximum Gasteiger partial charge on any atom is 0.344 e. The number of carbonyl (C=O) groups is 2. The average molecular weight is 629 g/mol. The van der Waals surface area contributed by atoms with Crippen LogP contribution in [0.3, 0.4) is 0 Å². The molecule has 0 unspecified atom stereocenters. The molecule has 9 nitrogen and oxygen atoms in total. The highest BCUT2D eigenvalue weighted by Crippen LogP contribution is 2.47. The number of nitrogens with zero attached hydrogens (tertiary/aromatic N) is 3. The van der Waals surface area contributed by atoms with Gasteiger partial charge in [-0.15, -0.1) is 0 Å². The molecule has 2 aliphatic heterocycles. The lowest BCUT2D eigenvalue weighted by molar-refractivity contribution is 0.0202. The first-order chi connectivity index (χ1) is 20.4. The number of ether oxygens (including phenoxy) is 3. The largest absolute Gasteiger partial charge is 0.496 e. The summed E-state index contributed by atoms with van der Waals surface area (Å²) in [6.07, 6.45) is 4.93. The number of hydrogen-bond acceptors (Lipinski definition) is 10. The minimum absolute atomic E-state index is 0.144. The van der Waals surface area contributed by atoms with E-state index in [9.17, 15) is 9.59 Å². The predicted octanol–water partition coefficient (Wildman–Crippen LogP) is 7.29. The Morgan fingerprint density at radius 2 is 1.74 bits per heavy atom. The molecule has 1 saturated carbocycles. The van der Waals surface area contributed by atoms with Gasteiger partial charge in [0.2, 0.25) is 0 Å². The SMILES string of the molecule is COC(=O)c1cc2sc(N3[C@@H]4CC[C@H]3C[C@@H](OC(=O)c3c(-c5c(Cl)cccc5Cl)noc3C3CC3)C4)nc2cc1OC. The van der Waals surface area contributed by atoms with Gasteiger partial charge in [0.25, 0.3) is 0 Å². The van der Waals surface area contributed by atoms with E-state index in [1.54, 1.807) is 30.3 Å². The minimum Gasteiger partial charge on any atom is -0.496 e. The predicted molar refractivity (Wildman–Crippen MR) is 159 cm³/mol. The maximum absolute atomic E-state index is 13.7. The van der Waals surface area contributed by atoms with E-state index in [0.29, 0.717) is 56.8 Å². The van der Waals surface area contributed by atoms with Crippen LogP contribution in [0.15, 0.2) is 34.9 Å². The molecule has 2 aromatic carbocycles. The molecule has 0 amide bonds. The number of benzene rings is 2. The Bertz CT molecular complexity index is 1680. The van der Waals surface area contributed by atoms with Crippen molar-refractivity contribution >= 4 is 61.8 Å². The Morgan fingerprint density at radius 3 is 2.38 bits per heavy atom. The van der Waals surface area contributed by atoms with Crippen molar-refractivity contribution in [2.45, 2.75) is 62.6 Å². The molecular weight excluding hydrogens is 601 g/mol. The zero-order valence-electron chi connectivity index (χ0n) is 22.9. The monoisotopic (exact) mass is 627 g/mol. The summed E-state index contributed by atoms with van der Waals surface area (Å²) in [6, 6.07) is 9.07. The molecule has 3 atom stereocenters. The number of fused-ring (bicyclic) bond motifs is 3. The number of esters is 2. The number of methoxy groups -OCH3 is 2. The normalized spacial score (nSPS) is 21.5. The van der Waals surface area contributed by atoms with Crippen LogP contribution in [0.4, 0.5) is 5.13 Å². The second-order valence-electron chi connectivity index (χ2n) is 10.9. The fourth-order valence-electron chi connectivity index (χ4n) is 6.26. The molecule has 3 aliphatic rings. The van der Waals surface area contributed by atoms with E-state index in [0.717, 1.165) is 41.0 Å². The smallest absolute Gasteiger partial charge is 0.344 e. The summed E-state index contributed by atoms with van der Waals surface area (Å²) in [5, 5.41) is 5.91. The summed E-state index contributed by atoms with van der Waals surface area (Å²) in [5.74, 6) is 0.207. The summed E-state index contributed by atoms with van der Waals surface area (Å²) in [4.78, 5) is 33.3.